The second-order valence-electron chi connectivity index (χ2n) is 4.52. The molecule has 1 atom stereocenters. The fraction of sp³-hybridized carbons (Fsp3) is 0.429. The van der Waals surface area contributed by atoms with Gasteiger partial charge in [-0.3, -0.25) is 9.59 Å². The summed E-state index contributed by atoms with van der Waals surface area (Å²) in [5.41, 5.74) is 0.867. The first-order chi connectivity index (χ1) is 9.26. The first kappa shape index (κ1) is 13.4. The van der Waals surface area contributed by atoms with E-state index in [0.29, 0.717) is 19.4 Å². The van der Waals surface area contributed by atoms with Gasteiger partial charge in [-0.25, -0.2) is 0 Å². The van der Waals surface area contributed by atoms with Gasteiger partial charge < -0.3 is 15.0 Å². The van der Waals surface area contributed by atoms with Crippen LogP contribution in [-0.2, 0) is 16.0 Å². The number of carbonyl (C=O) groups excluding carboxylic acids is 2. The molecule has 1 N–H and O–H groups in total. The molecule has 0 saturated carbocycles. The number of methoxy groups -OCH3 is 1. The van der Waals surface area contributed by atoms with E-state index >= 15 is 0 Å². The van der Waals surface area contributed by atoms with Crippen LogP contribution in [0.1, 0.15) is 18.4 Å². The number of ether oxygens (including phenoxy) is 1. The minimum Gasteiger partial charge on any atom is -0.496 e. The van der Waals surface area contributed by atoms with Crippen LogP contribution in [-0.4, -0.2) is 37.0 Å². The largest absolute Gasteiger partial charge is 0.496 e. The summed E-state index contributed by atoms with van der Waals surface area (Å²) in [5.74, 6) is 0.733. The number of nitrogens with one attached hydrogen (secondary N) is 1. The minimum absolute atomic E-state index is 0.0151. The summed E-state index contributed by atoms with van der Waals surface area (Å²) in [7, 11) is 1.59. The predicted octanol–water partition coefficient (Wildman–Crippen LogP) is 0.932. The molecule has 1 aromatic rings. The van der Waals surface area contributed by atoms with Crippen LogP contribution in [0.5, 0.6) is 5.75 Å². The third-order valence-electron chi connectivity index (χ3n) is 3.37. The molecule has 0 aliphatic carbocycles. The normalized spacial score (nSPS) is 18.2. The molecule has 2 rings (SSSR count). The van der Waals surface area contributed by atoms with Gasteiger partial charge in [0.2, 0.25) is 12.3 Å². The second kappa shape index (κ2) is 6.22. The summed E-state index contributed by atoms with van der Waals surface area (Å²) >= 11 is 0. The second-order valence-corrected chi connectivity index (χ2v) is 4.52. The van der Waals surface area contributed by atoms with E-state index in [1.54, 1.807) is 12.0 Å². The summed E-state index contributed by atoms with van der Waals surface area (Å²) in [6.07, 6.45) is 2.51. The van der Waals surface area contributed by atoms with Crippen LogP contribution in [0.2, 0.25) is 0 Å². The maximum atomic E-state index is 12.3. The van der Waals surface area contributed by atoms with Gasteiger partial charge in [-0.05, 0) is 18.9 Å². The number of amides is 2. The fourth-order valence-corrected chi connectivity index (χ4v) is 2.43. The summed E-state index contributed by atoms with van der Waals surface area (Å²) in [5, 5.41) is 2.68. The lowest BCUT2D eigenvalue weighted by molar-refractivity contribution is -0.132. The Morgan fingerprint density at radius 1 is 1.53 bits per heavy atom. The summed E-state index contributed by atoms with van der Waals surface area (Å²) < 4.78 is 5.24. The van der Waals surface area contributed by atoms with Crippen molar-refractivity contribution in [2.24, 2.45) is 0 Å². The fourth-order valence-electron chi connectivity index (χ4n) is 2.43. The monoisotopic (exact) mass is 262 g/mol. The summed E-state index contributed by atoms with van der Waals surface area (Å²) in [4.78, 5) is 24.5. The topological polar surface area (TPSA) is 58.6 Å². The van der Waals surface area contributed by atoms with Crippen LogP contribution in [0.15, 0.2) is 24.3 Å². The molecule has 1 heterocycles. The van der Waals surface area contributed by atoms with Crippen LogP contribution in [0.3, 0.4) is 0 Å². The predicted molar refractivity (Wildman–Crippen MR) is 70.6 cm³/mol. The number of carbonyl (C=O) groups is 2. The Balaban J connectivity index is 2.06. The van der Waals surface area contributed by atoms with Gasteiger partial charge in [0.1, 0.15) is 11.9 Å². The Morgan fingerprint density at radius 3 is 3.05 bits per heavy atom. The molecule has 5 nitrogen and oxygen atoms in total. The average molecular weight is 262 g/mol. The van der Waals surface area contributed by atoms with Gasteiger partial charge >= 0.3 is 0 Å². The van der Waals surface area contributed by atoms with Crippen molar-refractivity contribution >= 4 is 12.3 Å². The molecule has 19 heavy (non-hydrogen) atoms. The van der Waals surface area contributed by atoms with E-state index in [9.17, 15) is 9.59 Å². The molecule has 1 unspecified atom stereocenters. The van der Waals surface area contributed by atoms with E-state index < -0.39 is 0 Å². The molecule has 0 aromatic heterocycles. The first-order valence-corrected chi connectivity index (χ1v) is 6.37. The molecule has 1 fully saturated rings. The Hall–Kier alpha value is -2.04. The van der Waals surface area contributed by atoms with Crippen molar-refractivity contribution in [2.75, 3.05) is 13.7 Å². The number of nitrogens with zero attached hydrogens (tertiary/aromatic N) is 1. The number of rotatable bonds is 5. The van der Waals surface area contributed by atoms with Crippen molar-refractivity contribution in [3.8, 4) is 5.75 Å². The van der Waals surface area contributed by atoms with Gasteiger partial charge in [0.15, 0.2) is 0 Å². The van der Waals surface area contributed by atoms with Gasteiger partial charge in [-0.2, -0.15) is 0 Å². The van der Waals surface area contributed by atoms with E-state index in [2.05, 4.69) is 5.32 Å². The molecule has 1 aliphatic heterocycles. The van der Waals surface area contributed by atoms with Crippen molar-refractivity contribution < 1.29 is 14.3 Å². The molecular weight excluding hydrogens is 244 g/mol. The van der Waals surface area contributed by atoms with E-state index in [4.69, 9.17) is 4.74 Å². The molecule has 102 valence electrons. The molecule has 2 amide bonds. The first-order valence-electron chi connectivity index (χ1n) is 6.37. The molecule has 0 bridgehead atoms. The van der Waals surface area contributed by atoms with Crippen LogP contribution in [0.4, 0.5) is 0 Å². The third-order valence-corrected chi connectivity index (χ3v) is 3.37. The zero-order valence-corrected chi connectivity index (χ0v) is 11.0. The van der Waals surface area contributed by atoms with Crippen molar-refractivity contribution in [3.05, 3.63) is 29.8 Å². The highest BCUT2D eigenvalue weighted by molar-refractivity contribution is 5.80. The number of para-hydroxylation sites is 1. The zero-order valence-electron chi connectivity index (χ0n) is 11.0. The Kier molecular flexibility index (Phi) is 4.39. The SMILES string of the molecule is COc1ccccc1CC(=O)N1CCCC1NC=O. The van der Waals surface area contributed by atoms with Gasteiger partial charge in [0, 0.05) is 12.1 Å². The minimum atomic E-state index is -0.167. The smallest absolute Gasteiger partial charge is 0.228 e. The van der Waals surface area contributed by atoms with Gasteiger partial charge in [-0.15, -0.1) is 0 Å². The number of likely N-dealkylation sites (tertiary alicyclic amines) is 1. The van der Waals surface area contributed by atoms with Crippen LogP contribution < -0.4 is 10.1 Å². The van der Waals surface area contributed by atoms with E-state index in [0.717, 1.165) is 24.2 Å². The lowest BCUT2D eigenvalue weighted by Crippen LogP contribution is -2.44. The van der Waals surface area contributed by atoms with Crippen molar-refractivity contribution in [1.82, 2.24) is 10.2 Å². The average Bonchev–Trinajstić information content (AvgIpc) is 2.88. The highest BCUT2D eigenvalue weighted by atomic mass is 16.5. The van der Waals surface area contributed by atoms with Crippen LogP contribution in [0, 0.1) is 0 Å². The van der Waals surface area contributed by atoms with Gasteiger partial charge in [-0.1, -0.05) is 18.2 Å². The quantitative estimate of drug-likeness (QED) is 0.803. The van der Waals surface area contributed by atoms with Crippen molar-refractivity contribution in [2.45, 2.75) is 25.4 Å². The van der Waals surface area contributed by atoms with Crippen molar-refractivity contribution in [1.29, 1.82) is 0 Å². The van der Waals surface area contributed by atoms with Gasteiger partial charge in [0.05, 0.1) is 13.5 Å². The molecule has 1 aliphatic rings. The molecule has 0 radical (unpaired) electrons. The van der Waals surface area contributed by atoms with E-state index in [1.807, 2.05) is 24.3 Å². The Bertz CT molecular complexity index is 462. The maximum Gasteiger partial charge on any atom is 0.228 e. The molecule has 0 spiro atoms. The lowest BCUT2D eigenvalue weighted by Gasteiger charge is -2.24. The molecule has 1 saturated heterocycles. The van der Waals surface area contributed by atoms with Crippen molar-refractivity contribution in [3.63, 3.8) is 0 Å². The lowest BCUT2D eigenvalue weighted by atomic mass is 10.1. The maximum absolute atomic E-state index is 12.3. The third kappa shape index (κ3) is 3.05. The van der Waals surface area contributed by atoms with Crippen LogP contribution >= 0.6 is 0 Å². The highest BCUT2D eigenvalue weighted by Crippen LogP contribution is 2.21. The number of hydrogen-bond donors (Lipinski definition) is 1. The summed E-state index contributed by atoms with van der Waals surface area (Å²) in [6, 6.07) is 7.48. The summed E-state index contributed by atoms with van der Waals surface area (Å²) in [6.45, 7) is 0.694. The number of benzene rings is 1. The molecule has 1 aromatic carbocycles. The van der Waals surface area contributed by atoms with E-state index in [-0.39, 0.29) is 12.1 Å². The number of hydrogen-bond acceptors (Lipinski definition) is 3. The zero-order chi connectivity index (χ0) is 13.7. The molecular formula is C14H18N2O3. The van der Waals surface area contributed by atoms with Crippen LogP contribution in [0.25, 0.3) is 0 Å². The standard InChI is InChI=1S/C14H18N2O3/c1-19-12-6-3-2-5-11(12)9-14(18)16-8-4-7-13(16)15-10-17/h2-3,5-6,10,13H,4,7-9H2,1H3,(H,15,17). The Morgan fingerprint density at radius 2 is 2.32 bits per heavy atom. The van der Waals surface area contributed by atoms with Gasteiger partial charge in [0.25, 0.3) is 0 Å². The molecule has 5 heteroatoms. The highest BCUT2D eigenvalue weighted by Gasteiger charge is 2.28. The Labute approximate surface area is 112 Å². The van der Waals surface area contributed by atoms with E-state index in [1.165, 1.54) is 0 Å².